The lowest BCUT2D eigenvalue weighted by atomic mass is 9.86. The monoisotopic (exact) mass is 258 g/mol. The summed E-state index contributed by atoms with van der Waals surface area (Å²) in [6, 6.07) is 1.39. The number of halogens is 2. The summed E-state index contributed by atoms with van der Waals surface area (Å²) in [5.74, 6) is -2.22. The molecule has 0 spiro atoms. The third-order valence-electron chi connectivity index (χ3n) is 4.72. The first kappa shape index (κ1) is 12.8. The first-order valence-corrected chi connectivity index (χ1v) is 7.48. The molecule has 0 radical (unpaired) electrons. The van der Waals surface area contributed by atoms with Gasteiger partial charge in [-0.3, -0.25) is 4.90 Å². The zero-order valence-electron chi connectivity index (χ0n) is 11.0. The molecule has 1 aliphatic heterocycles. The topological polar surface area (TPSA) is 15.3 Å². The molecule has 3 rings (SSSR count). The van der Waals surface area contributed by atoms with E-state index in [0.717, 1.165) is 25.6 Å². The minimum atomic E-state index is -2.40. The largest absolute Gasteiger partial charge is 0.312 e. The van der Waals surface area contributed by atoms with Crippen LogP contribution >= 0.6 is 0 Å². The van der Waals surface area contributed by atoms with E-state index >= 15 is 0 Å². The fraction of sp³-hybridized carbons (Fsp3) is 1.00. The molecule has 2 nitrogen and oxygen atoms in total. The lowest BCUT2D eigenvalue weighted by Crippen LogP contribution is -2.39. The van der Waals surface area contributed by atoms with Crippen molar-refractivity contribution in [1.29, 1.82) is 0 Å². The first-order chi connectivity index (χ1) is 8.62. The highest BCUT2D eigenvalue weighted by molar-refractivity contribution is 4.92. The van der Waals surface area contributed by atoms with Crippen LogP contribution in [0.1, 0.15) is 44.9 Å². The lowest BCUT2D eigenvalue weighted by molar-refractivity contribution is -0.0522. The Morgan fingerprint density at radius 2 is 2.00 bits per heavy atom. The number of likely N-dealkylation sites (tertiary alicyclic amines) is 1. The molecule has 0 aromatic heterocycles. The number of nitrogens with zero attached hydrogens (tertiary/aromatic N) is 1. The van der Waals surface area contributed by atoms with Crippen LogP contribution in [0.3, 0.4) is 0 Å². The normalized spacial score (nSPS) is 37.0. The van der Waals surface area contributed by atoms with Crippen molar-refractivity contribution in [3.05, 3.63) is 0 Å². The van der Waals surface area contributed by atoms with Gasteiger partial charge in [-0.05, 0) is 44.6 Å². The second kappa shape index (κ2) is 5.04. The van der Waals surface area contributed by atoms with Crippen LogP contribution in [0.5, 0.6) is 0 Å². The molecule has 2 saturated carbocycles. The summed E-state index contributed by atoms with van der Waals surface area (Å²) in [6.45, 7) is 3.12. The average Bonchev–Trinajstić information content (AvgIpc) is 3.05. The van der Waals surface area contributed by atoms with Crippen molar-refractivity contribution < 1.29 is 8.78 Å². The van der Waals surface area contributed by atoms with Crippen LogP contribution in [-0.2, 0) is 0 Å². The molecule has 1 N–H and O–H groups in total. The number of alkyl halides is 2. The second-order valence-corrected chi connectivity index (χ2v) is 6.44. The number of rotatable bonds is 4. The zero-order valence-corrected chi connectivity index (χ0v) is 11.0. The van der Waals surface area contributed by atoms with Crippen molar-refractivity contribution in [2.75, 3.05) is 19.6 Å². The predicted octanol–water partition coefficient (Wildman–Crippen LogP) is 2.64. The molecule has 2 unspecified atom stereocenters. The predicted molar refractivity (Wildman–Crippen MR) is 67.9 cm³/mol. The molecule has 4 heteroatoms. The Bertz CT molecular complexity index is 292. The zero-order chi connectivity index (χ0) is 12.6. The van der Waals surface area contributed by atoms with Gasteiger partial charge in [-0.2, -0.15) is 0 Å². The Morgan fingerprint density at radius 3 is 2.72 bits per heavy atom. The van der Waals surface area contributed by atoms with Crippen LogP contribution in [0, 0.1) is 5.92 Å². The van der Waals surface area contributed by atoms with Crippen LogP contribution in [0.4, 0.5) is 8.78 Å². The summed E-state index contributed by atoms with van der Waals surface area (Å²) < 4.78 is 26.6. The van der Waals surface area contributed by atoms with Gasteiger partial charge in [0.15, 0.2) is 0 Å². The van der Waals surface area contributed by atoms with Crippen molar-refractivity contribution in [3.8, 4) is 0 Å². The Balaban J connectivity index is 1.39. The quantitative estimate of drug-likeness (QED) is 0.834. The fourth-order valence-corrected chi connectivity index (χ4v) is 3.51. The Hall–Kier alpha value is -0.220. The maximum atomic E-state index is 13.3. The van der Waals surface area contributed by atoms with E-state index in [-0.39, 0.29) is 18.8 Å². The lowest BCUT2D eigenvalue weighted by Gasteiger charge is -2.30. The second-order valence-electron chi connectivity index (χ2n) is 6.44. The van der Waals surface area contributed by atoms with Gasteiger partial charge in [0.25, 0.3) is 0 Å². The number of hydrogen-bond acceptors (Lipinski definition) is 2. The molecule has 18 heavy (non-hydrogen) atoms. The maximum Gasteiger partial charge on any atom is 0.248 e. The van der Waals surface area contributed by atoms with Crippen molar-refractivity contribution in [2.45, 2.75) is 63.0 Å². The Labute approximate surface area is 108 Å². The molecule has 0 aromatic carbocycles. The third kappa shape index (κ3) is 3.21. The molecule has 0 amide bonds. The van der Waals surface area contributed by atoms with Gasteiger partial charge in [-0.1, -0.05) is 0 Å². The van der Waals surface area contributed by atoms with Crippen LogP contribution < -0.4 is 5.32 Å². The highest BCUT2D eigenvalue weighted by Gasteiger charge is 2.37. The molecule has 1 saturated heterocycles. The molecule has 2 aliphatic carbocycles. The smallest absolute Gasteiger partial charge is 0.248 e. The van der Waals surface area contributed by atoms with Crippen molar-refractivity contribution in [3.63, 3.8) is 0 Å². The summed E-state index contributed by atoms with van der Waals surface area (Å²) in [5.41, 5.74) is 0. The minimum absolute atomic E-state index is 0.0963. The molecule has 0 bridgehead atoms. The molecule has 3 aliphatic rings. The van der Waals surface area contributed by atoms with Crippen molar-refractivity contribution in [1.82, 2.24) is 10.2 Å². The average molecular weight is 258 g/mol. The van der Waals surface area contributed by atoms with E-state index in [9.17, 15) is 8.78 Å². The Morgan fingerprint density at radius 1 is 1.17 bits per heavy atom. The Kier molecular flexibility index (Phi) is 3.59. The van der Waals surface area contributed by atoms with Crippen molar-refractivity contribution in [2.24, 2.45) is 5.92 Å². The van der Waals surface area contributed by atoms with Gasteiger partial charge in [-0.15, -0.1) is 0 Å². The van der Waals surface area contributed by atoms with Gasteiger partial charge in [0, 0.05) is 38.0 Å². The van der Waals surface area contributed by atoms with E-state index in [1.807, 2.05) is 0 Å². The molecule has 104 valence electrons. The van der Waals surface area contributed by atoms with Gasteiger partial charge in [0.2, 0.25) is 5.92 Å². The van der Waals surface area contributed by atoms with Crippen LogP contribution in [-0.4, -0.2) is 42.5 Å². The highest BCUT2D eigenvalue weighted by atomic mass is 19.3. The maximum absolute atomic E-state index is 13.3. The van der Waals surface area contributed by atoms with Gasteiger partial charge in [0.05, 0.1) is 0 Å². The van der Waals surface area contributed by atoms with E-state index in [2.05, 4.69) is 10.2 Å². The molecule has 1 heterocycles. The SMILES string of the molecule is FC1(F)CCCC(CNC2CCN(C3CC3)C2)C1. The van der Waals surface area contributed by atoms with Gasteiger partial charge in [-0.25, -0.2) is 8.78 Å². The standard InChI is InChI=1S/C14H24F2N2/c15-14(16)6-1-2-11(8-14)9-17-12-5-7-18(10-12)13-3-4-13/h11-13,17H,1-10H2. The summed E-state index contributed by atoms with van der Waals surface area (Å²) in [7, 11) is 0. The third-order valence-corrected chi connectivity index (χ3v) is 4.72. The number of nitrogens with one attached hydrogen (secondary N) is 1. The molecule has 2 atom stereocenters. The van der Waals surface area contributed by atoms with Crippen LogP contribution in [0.25, 0.3) is 0 Å². The molecule has 0 aromatic rings. The fourth-order valence-electron chi connectivity index (χ4n) is 3.51. The summed E-state index contributed by atoms with van der Waals surface area (Å²) in [5, 5.41) is 3.53. The minimum Gasteiger partial charge on any atom is -0.312 e. The van der Waals surface area contributed by atoms with Crippen LogP contribution in [0.15, 0.2) is 0 Å². The molecule has 3 fully saturated rings. The summed E-state index contributed by atoms with van der Waals surface area (Å²) in [4.78, 5) is 2.56. The van der Waals surface area contributed by atoms with E-state index < -0.39 is 5.92 Å². The van der Waals surface area contributed by atoms with Gasteiger partial charge in [0.1, 0.15) is 0 Å². The van der Waals surface area contributed by atoms with E-state index in [1.54, 1.807) is 0 Å². The van der Waals surface area contributed by atoms with E-state index in [1.165, 1.54) is 25.8 Å². The highest BCUT2D eigenvalue weighted by Crippen LogP contribution is 2.36. The summed E-state index contributed by atoms with van der Waals surface area (Å²) in [6.07, 6.45) is 5.78. The number of hydrogen-bond donors (Lipinski definition) is 1. The van der Waals surface area contributed by atoms with E-state index in [4.69, 9.17) is 0 Å². The van der Waals surface area contributed by atoms with Crippen molar-refractivity contribution >= 4 is 0 Å². The first-order valence-electron chi connectivity index (χ1n) is 7.48. The summed E-state index contributed by atoms with van der Waals surface area (Å²) >= 11 is 0. The van der Waals surface area contributed by atoms with Gasteiger partial charge >= 0.3 is 0 Å². The molecular formula is C14H24F2N2. The van der Waals surface area contributed by atoms with E-state index in [0.29, 0.717) is 12.5 Å². The van der Waals surface area contributed by atoms with Crippen LogP contribution in [0.2, 0.25) is 0 Å². The molecular weight excluding hydrogens is 234 g/mol. The van der Waals surface area contributed by atoms with Gasteiger partial charge < -0.3 is 5.32 Å².